The van der Waals surface area contributed by atoms with Crippen LogP contribution in [0.5, 0.6) is 0 Å². The molecule has 0 aliphatic carbocycles. The summed E-state index contributed by atoms with van der Waals surface area (Å²) >= 11 is 3.31. The Morgan fingerprint density at radius 3 is 2.76 bits per heavy atom. The third kappa shape index (κ3) is 2.19. The van der Waals surface area contributed by atoms with Gasteiger partial charge in [-0.1, -0.05) is 0 Å². The van der Waals surface area contributed by atoms with E-state index in [-0.39, 0.29) is 5.69 Å². The molecule has 0 spiro atoms. The van der Waals surface area contributed by atoms with Gasteiger partial charge in [0.25, 0.3) is 0 Å². The van der Waals surface area contributed by atoms with Crippen molar-refractivity contribution in [2.24, 2.45) is 0 Å². The zero-order valence-corrected chi connectivity index (χ0v) is 10.0. The molecular weight excluding hydrogens is 286 g/mol. The molecule has 0 aliphatic rings. The van der Waals surface area contributed by atoms with Gasteiger partial charge in [0.15, 0.2) is 5.69 Å². The molecule has 1 N–H and O–H groups in total. The van der Waals surface area contributed by atoms with E-state index in [0.717, 1.165) is 0 Å². The lowest BCUT2D eigenvalue weighted by Gasteiger charge is -2.04. The lowest BCUT2D eigenvalue weighted by Crippen LogP contribution is -2.01. The van der Waals surface area contributed by atoms with Crippen molar-refractivity contribution < 1.29 is 9.90 Å². The van der Waals surface area contributed by atoms with Gasteiger partial charge in [-0.2, -0.15) is 10.4 Å². The Hall–Kier alpha value is -2.13. The van der Waals surface area contributed by atoms with Crippen molar-refractivity contribution >= 4 is 21.9 Å². The molecule has 0 aliphatic heterocycles. The highest BCUT2D eigenvalue weighted by Crippen LogP contribution is 2.21. The molecule has 2 rings (SSSR count). The molecule has 84 valence electrons. The van der Waals surface area contributed by atoms with Crippen LogP contribution in [0.25, 0.3) is 5.69 Å². The van der Waals surface area contributed by atoms with E-state index in [1.807, 2.05) is 6.07 Å². The molecule has 6 heteroatoms. The number of carboxylic acids is 1. The van der Waals surface area contributed by atoms with Crippen LogP contribution < -0.4 is 0 Å². The Labute approximate surface area is 105 Å². The van der Waals surface area contributed by atoms with E-state index >= 15 is 0 Å². The predicted molar refractivity (Wildman–Crippen MR) is 62.9 cm³/mol. The van der Waals surface area contributed by atoms with Crippen molar-refractivity contribution in [1.82, 2.24) is 9.78 Å². The molecule has 0 amide bonds. The van der Waals surface area contributed by atoms with Crippen LogP contribution in [0, 0.1) is 11.3 Å². The van der Waals surface area contributed by atoms with Crippen LogP contribution in [0.3, 0.4) is 0 Å². The number of aromatic nitrogens is 2. The maximum absolute atomic E-state index is 10.7. The lowest BCUT2D eigenvalue weighted by molar-refractivity contribution is 0.0690. The zero-order chi connectivity index (χ0) is 12.4. The number of rotatable bonds is 2. The van der Waals surface area contributed by atoms with Gasteiger partial charge >= 0.3 is 5.97 Å². The van der Waals surface area contributed by atoms with Gasteiger partial charge < -0.3 is 5.11 Å². The SMILES string of the molecule is N#Cc1ccc(-n2ccc(C(=O)O)n2)c(Br)c1. The average Bonchev–Trinajstić information content (AvgIpc) is 2.78. The Bertz CT molecular complexity index is 628. The summed E-state index contributed by atoms with van der Waals surface area (Å²) in [7, 11) is 0. The molecule has 5 nitrogen and oxygen atoms in total. The third-order valence-corrected chi connectivity index (χ3v) is 2.77. The summed E-state index contributed by atoms with van der Waals surface area (Å²) in [6, 6.07) is 8.41. The van der Waals surface area contributed by atoms with Crippen LogP contribution in [0.2, 0.25) is 0 Å². The van der Waals surface area contributed by atoms with E-state index in [1.165, 1.54) is 10.7 Å². The van der Waals surface area contributed by atoms with Crippen molar-refractivity contribution in [3.8, 4) is 11.8 Å². The number of nitriles is 1. The summed E-state index contributed by atoms with van der Waals surface area (Å²) in [5.41, 5.74) is 1.17. The molecule has 0 unspecified atom stereocenters. The smallest absolute Gasteiger partial charge is 0.356 e. The Morgan fingerprint density at radius 1 is 1.47 bits per heavy atom. The van der Waals surface area contributed by atoms with Gasteiger partial charge in [-0.25, -0.2) is 9.48 Å². The fourth-order valence-electron chi connectivity index (χ4n) is 1.33. The van der Waals surface area contributed by atoms with Gasteiger partial charge in [0.05, 0.1) is 17.3 Å². The molecule has 0 fully saturated rings. The van der Waals surface area contributed by atoms with Crippen LogP contribution in [0.15, 0.2) is 34.9 Å². The van der Waals surface area contributed by atoms with Crippen molar-refractivity contribution in [3.63, 3.8) is 0 Å². The number of aromatic carboxylic acids is 1. The maximum atomic E-state index is 10.7. The fraction of sp³-hybridized carbons (Fsp3) is 0. The number of halogens is 1. The van der Waals surface area contributed by atoms with Crippen molar-refractivity contribution in [3.05, 3.63) is 46.2 Å². The van der Waals surface area contributed by atoms with Gasteiger partial charge in [-0.05, 0) is 40.2 Å². The number of hydrogen-bond acceptors (Lipinski definition) is 3. The summed E-state index contributed by atoms with van der Waals surface area (Å²) in [6.45, 7) is 0. The minimum Gasteiger partial charge on any atom is -0.476 e. The molecule has 0 saturated carbocycles. The maximum Gasteiger partial charge on any atom is 0.356 e. The van der Waals surface area contributed by atoms with E-state index in [1.54, 1.807) is 24.4 Å². The summed E-state index contributed by atoms with van der Waals surface area (Å²) in [4.78, 5) is 10.7. The predicted octanol–water partition coefficient (Wildman–Crippen LogP) is 2.20. The van der Waals surface area contributed by atoms with E-state index < -0.39 is 5.97 Å². The highest BCUT2D eigenvalue weighted by Gasteiger charge is 2.09. The second-order valence-electron chi connectivity index (χ2n) is 3.23. The van der Waals surface area contributed by atoms with E-state index in [4.69, 9.17) is 10.4 Å². The van der Waals surface area contributed by atoms with Gasteiger partial charge in [0.2, 0.25) is 0 Å². The van der Waals surface area contributed by atoms with Gasteiger partial charge in [-0.15, -0.1) is 0 Å². The summed E-state index contributed by atoms with van der Waals surface area (Å²) in [5.74, 6) is -1.08. The Morgan fingerprint density at radius 2 is 2.24 bits per heavy atom. The minimum absolute atomic E-state index is 0.0266. The number of benzene rings is 1. The van der Waals surface area contributed by atoms with E-state index in [0.29, 0.717) is 15.7 Å². The first-order valence-corrected chi connectivity index (χ1v) is 5.40. The first kappa shape index (κ1) is 11.4. The zero-order valence-electron chi connectivity index (χ0n) is 8.46. The minimum atomic E-state index is -1.08. The van der Waals surface area contributed by atoms with Gasteiger partial charge in [-0.3, -0.25) is 0 Å². The monoisotopic (exact) mass is 291 g/mol. The number of carbonyl (C=O) groups is 1. The molecule has 2 aromatic rings. The van der Waals surface area contributed by atoms with Crippen LogP contribution in [-0.2, 0) is 0 Å². The van der Waals surface area contributed by atoms with Crippen molar-refractivity contribution in [2.45, 2.75) is 0 Å². The number of hydrogen-bond donors (Lipinski definition) is 1. The Kier molecular flexibility index (Phi) is 2.93. The van der Waals surface area contributed by atoms with Crippen LogP contribution >= 0.6 is 15.9 Å². The third-order valence-electron chi connectivity index (χ3n) is 2.13. The molecule has 1 aromatic carbocycles. The summed E-state index contributed by atoms with van der Waals surface area (Å²) < 4.78 is 2.12. The molecular formula is C11H6BrN3O2. The van der Waals surface area contributed by atoms with Crippen LogP contribution in [-0.4, -0.2) is 20.9 Å². The first-order chi connectivity index (χ1) is 8.11. The first-order valence-electron chi connectivity index (χ1n) is 4.61. The molecule has 0 radical (unpaired) electrons. The van der Waals surface area contributed by atoms with Gasteiger partial charge in [0.1, 0.15) is 0 Å². The highest BCUT2D eigenvalue weighted by atomic mass is 79.9. The molecule has 1 aromatic heterocycles. The van der Waals surface area contributed by atoms with Gasteiger partial charge in [0, 0.05) is 10.7 Å². The second-order valence-corrected chi connectivity index (χ2v) is 4.08. The van der Waals surface area contributed by atoms with Crippen LogP contribution in [0.4, 0.5) is 0 Å². The summed E-state index contributed by atoms with van der Waals surface area (Å²) in [5, 5.41) is 21.4. The number of carboxylic acid groups (broad SMARTS) is 1. The summed E-state index contributed by atoms with van der Waals surface area (Å²) in [6.07, 6.45) is 1.55. The molecule has 17 heavy (non-hydrogen) atoms. The Balaban J connectivity index is 2.46. The van der Waals surface area contributed by atoms with E-state index in [9.17, 15) is 4.79 Å². The molecule has 0 atom stereocenters. The quantitative estimate of drug-likeness (QED) is 0.920. The van der Waals surface area contributed by atoms with Crippen molar-refractivity contribution in [1.29, 1.82) is 5.26 Å². The standard InChI is InChI=1S/C11H6BrN3O2/c12-8-5-7(6-13)1-2-10(8)15-4-3-9(14-15)11(16)17/h1-5H,(H,16,17). The van der Waals surface area contributed by atoms with Crippen molar-refractivity contribution in [2.75, 3.05) is 0 Å². The topological polar surface area (TPSA) is 78.9 Å². The van der Waals surface area contributed by atoms with Crippen LogP contribution in [0.1, 0.15) is 16.1 Å². The fourth-order valence-corrected chi connectivity index (χ4v) is 1.89. The largest absolute Gasteiger partial charge is 0.476 e. The molecule has 1 heterocycles. The van der Waals surface area contributed by atoms with E-state index in [2.05, 4.69) is 21.0 Å². The number of nitrogens with zero attached hydrogens (tertiary/aromatic N) is 3. The molecule has 0 saturated heterocycles. The lowest BCUT2D eigenvalue weighted by atomic mass is 10.2. The highest BCUT2D eigenvalue weighted by molar-refractivity contribution is 9.10. The average molecular weight is 292 g/mol. The second kappa shape index (κ2) is 4.39. The molecule has 0 bridgehead atoms. The normalized spacial score (nSPS) is 9.88.